The summed E-state index contributed by atoms with van der Waals surface area (Å²) in [4.78, 5) is 20.5. The third-order valence-corrected chi connectivity index (χ3v) is 5.21. The lowest BCUT2D eigenvalue weighted by Crippen LogP contribution is -2.33. The Morgan fingerprint density at radius 3 is 2.50 bits per heavy atom. The van der Waals surface area contributed by atoms with Crippen molar-refractivity contribution in [1.29, 1.82) is 0 Å². The number of aromatic nitrogens is 2. The molecule has 1 aromatic heterocycles. The molecule has 0 spiro atoms. The number of sulfonamides is 1. The maximum atomic E-state index is 12.0. The van der Waals surface area contributed by atoms with Crippen LogP contribution >= 0.6 is 0 Å². The molecular weight excluding hydrogens is 376 g/mol. The summed E-state index contributed by atoms with van der Waals surface area (Å²) in [5, 5.41) is 2.55. The van der Waals surface area contributed by atoms with Crippen LogP contribution in [0.1, 0.15) is 11.3 Å². The highest BCUT2D eigenvalue weighted by atomic mass is 32.2. The van der Waals surface area contributed by atoms with E-state index in [-0.39, 0.29) is 18.8 Å². The van der Waals surface area contributed by atoms with Gasteiger partial charge in [0.2, 0.25) is 15.9 Å². The fourth-order valence-electron chi connectivity index (χ4n) is 2.44. The molecule has 8 heteroatoms. The van der Waals surface area contributed by atoms with Gasteiger partial charge >= 0.3 is 0 Å². The number of amides is 1. The van der Waals surface area contributed by atoms with Crippen LogP contribution in [0, 0.1) is 0 Å². The monoisotopic (exact) mass is 396 g/mol. The standard InChI is InChI=1S/C20H20N4O3S/c25-20(11-10-17-15-22-18-8-4-5-9-19(18)24-17)21-12-13-28(26,27)23-14-16-6-2-1-3-7-16/h1-11,15,23H,12-14H2,(H,21,25). The summed E-state index contributed by atoms with van der Waals surface area (Å²) in [6, 6.07) is 16.7. The molecule has 0 atom stereocenters. The topological polar surface area (TPSA) is 101 Å². The Morgan fingerprint density at radius 1 is 1.00 bits per heavy atom. The van der Waals surface area contributed by atoms with Crippen molar-refractivity contribution >= 4 is 33.0 Å². The van der Waals surface area contributed by atoms with Crippen molar-refractivity contribution in [1.82, 2.24) is 20.0 Å². The number of nitrogens with one attached hydrogen (secondary N) is 2. The average molecular weight is 396 g/mol. The van der Waals surface area contributed by atoms with Crippen LogP contribution in [0.15, 0.2) is 66.9 Å². The summed E-state index contributed by atoms with van der Waals surface area (Å²) in [5.74, 6) is -0.594. The van der Waals surface area contributed by atoms with Crippen molar-refractivity contribution in [2.24, 2.45) is 0 Å². The summed E-state index contributed by atoms with van der Waals surface area (Å²) in [5.41, 5.74) is 2.93. The lowest BCUT2D eigenvalue weighted by molar-refractivity contribution is -0.116. The minimum atomic E-state index is -3.48. The molecule has 3 aromatic rings. The van der Waals surface area contributed by atoms with Gasteiger partial charge in [0, 0.05) is 19.2 Å². The maximum Gasteiger partial charge on any atom is 0.244 e. The van der Waals surface area contributed by atoms with Crippen LogP contribution < -0.4 is 10.0 Å². The van der Waals surface area contributed by atoms with Crippen LogP contribution in [-0.2, 0) is 21.4 Å². The number of hydrogen-bond donors (Lipinski definition) is 2. The van der Waals surface area contributed by atoms with Crippen LogP contribution in [0.4, 0.5) is 0 Å². The Balaban J connectivity index is 1.46. The van der Waals surface area contributed by atoms with Gasteiger partial charge in [0.25, 0.3) is 0 Å². The van der Waals surface area contributed by atoms with Crippen LogP contribution in [0.2, 0.25) is 0 Å². The number of rotatable bonds is 8. The highest BCUT2D eigenvalue weighted by molar-refractivity contribution is 7.89. The van der Waals surface area contributed by atoms with Gasteiger partial charge in [-0.3, -0.25) is 9.78 Å². The Bertz CT molecular complexity index is 1080. The van der Waals surface area contributed by atoms with Gasteiger partial charge in [-0.1, -0.05) is 42.5 Å². The Hall–Kier alpha value is -3.10. The molecule has 0 unspecified atom stereocenters. The van der Waals surface area contributed by atoms with Gasteiger partial charge in [0.05, 0.1) is 28.7 Å². The molecule has 2 N–H and O–H groups in total. The van der Waals surface area contributed by atoms with Crippen molar-refractivity contribution in [2.45, 2.75) is 6.54 Å². The van der Waals surface area contributed by atoms with E-state index in [0.29, 0.717) is 5.69 Å². The molecule has 2 aromatic carbocycles. The zero-order chi connectivity index (χ0) is 19.8. The smallest absolute Gasteiger partial charge is 0.244 e. The van der Waals surface area contributed by atoms with Crippen molar-refractivity contribution in [3.63, 3.8) is 0 Å². The zero-order valence-electron chi connectivity index (χ0n) is 15.1. The molecule has 0 fully saturated rings. The van der Waals surface area contributed by atoms with Crippen molar-refractivity contribution in [3.8, 4) is 0 Å². The molecule has 0 radical (unpaired) electrons. The average Bonchev–Trinajstić information content (AvgIpc) is 2.71. The van der Waals surface area contributed by atoms with Gasteiger partial charge in [-0.15, -0.1) is 0 Å². The van der Waals surface area contributed by atoms with Gasteiger partial charge < -0.3 is 5.32 Å². The molecule has 1 heterocycles. The third-order valence-electron chi connectivity index (χ3n) is 3.88. The molecule has 0 saturated heterocycles. The molecule has 0 aliphatic carbocycles. The van der Waals surface area contributed by atoms with Gasteiger partial charge in [0.1, 0.15) is 0 Å². The Morgan fingerprint density at radius 2 is 1.71 bits per heavy atom. The second-order valence-corrected chi connectivity index (χ2v) is 7.96. The van der Waals surface area contributed by atoms with Crippen LogP contribution in [0.5, 0.6) is 0 Å². The number of nitrogens with zero attached hydrogens (tertiary/aromatic N) is 2. The van der Waals surface area contributed by atoms with Crippen LogP contribution in [0.25, 0.3) is 17.1 Å². The summed E-state index contributed by atoms with van der Waals surface area (Å²) in [6.07, 6.45) is 4.42. The third kappa shape index (κ3) is 5.97. The van der Waals surface area contributed by atoms with Gasteiger partial charge in [-0.25, -0.2) is 18.1 Å². The lowest BCUT2D eigenvalue weighted by atomic mass is 10.2. The van der Waals surface area contributed by atoms with Gasteiger partial charge in [-0.05, 0) is 23.8 Å². The molecule has 7 nitrogen and oxygen atoms in total. The summed E-state index contributed by atoms with van der Waals surface area (Å²) in [7, 11) is -3.48. The van der Waals surface area contributed by atoms with E-state index >= 15 is 0 Å². The molecular formula is C20H20N4O3S. The van der Waals surface area contributed by atoms with E-state index in [0.717, 1.165) is 16.6 Å². The van der Waals surface area contributed by atoms with Crippen molar-refractivity contribution in [3.05, 3.63) is 78.1 Å². The second kappa shape index (κ2) is 9.20. The second-order valence-electron chi connectivity index (χ2n) is 6.03. The van der Waals surface area contributed by atoms with Crippen LogP contribution in [-0.4, -0.2) is 36.6 Å². The Labute approximate surface area is 163 Å². The van der Waals surface area contributed by atoms with E-state index in [1.165, 1.54) is 12.2 Å². The van der Waals surface area contributed by atoms with Crippen molar-refractivity contribution < 1.29 is 13.2 Å². The van der Waals surface area contributed by atoms with E-state index in [1.807, 2.05) is 54.6 Å². The highest BCUT2D eigenvalue weighted by Gasteiger charge is 2.10. The highest BCUT2D eigenvalue weighted by Crippen LogP contribution is 2.09. The first-order valence-corrected chi connectivity index (χ1v) is 10.4. The van der Waals surface area contributed by atoms with Crippen molar-refractivity contribution in [2.75, 3.05) is 12.3 Å². The first-order valence-electron chi connectivity index (χ1n) is 8.71. The van der Waals surface area contributed by atoms with Gasteiger partial charge in [0.15, 0.2) is 0 Å². The molecule has 3 rings (SSSR count). The number of carbonyl (C=O) groups excluding carboxylic acids is 1. The van der Waals surface area contributed by atoms with E-state index in [4.69, 9.17) is 0 Å². The largest absolute Gasteiger partial charge is 0.351 e. The Kier molecular flexibility index (Phi) is 6.46. The first kappa shape index (κ1) is 19.7. The summed E-state index contributed by atoms with van der Waals surface area (Å²) in [6.45, 7) is 0.231. The molecule has 0 bridgehead atoms. The number of para-hydroxylation sites is 2. The van der Waals surface area contributed by atoms with E-state index in [9.17, 15) is 13.2 Å². The maximum absolute atomic E-state index is 12.0. The summed E-state index contributed by atoms with van der Waals surface area (Å²) >= 11 is 0. The van der Waals surface area contributed by atoms with Crippen LogP contribution in [0.3, 0.4) is 0 Å². The molecule has 1 amide bonds. The van der Waals surface area contributed by atoms with E-state index < -0.39 is 15.9 Å². The fraction of sp³-hybridized carbons (Fsp3) is 0.150. The summed E-state index contributed by atoms with van der Waals surface area (Å²) < 4.78 is 26.5. The van der Waals surface area contributed by atoms with E-state index in [1.54, 1.807) is 6.20 Å². The minimum absolute atomic E-state index is 0.0106. The predicted octanol–water partition coefficient (Wildman–Crippen LogP) is 1.88. The number of hydrogen-bond acceptors (Lipinski definition) is 5. The predicted molar refractivity (Wildman–Crippen MR) is 109 cm³/mol. The zero-order valence-corrected chi connectivity index (χ0v) is 15.9. The SMILES string of the molecule is O=C(C=Cc1cnc2ccccc2n1)NCCS(=O)(=O)NCc1ccccc1. The molecule has 0 aliphatic heterocycles. The first-order chi connectivity index (χ1) is 13.5. The number of carbonyl (C=O) groups is 1. The minimum Gasteiger partial charge on any atom is -0.351 e. The molecule has 0 aliphatic rings. The number of benzene rings is 2. The fourth-order valence-corrected chi connectivity index (χ4v) is 3.34. The molecule has 144 valence electrons. The number of fused-ring (bicyclic) bond motifs is 1. The molecule has 28 heavy (non-hydrogen) atoms. The normalized spacial score (nSPS) is 11.7. The quantitative estimate of drug-likeness (QED) is 0.566. The van der Waals surface area contributed by atoms with E-state index in [2.05, 4.69) is 20.0 Å². The molecule has 0 saturated carbocycles. The lowest BCUT2D eigenvalue weighted by Gasteiger charge is -2.07. The van der Waals surface area contributed by atoms with Gasteiger partial charge in [-0.2, -0.15) is 0 Å².